The van der Waals surface area contributed by atoms with Gasteiger partial charge in [-0.15, -0.1) is 27.0 Å². The number of aromatic nitrogens is 5. The first-order valence-electron chi connectivity index (χ1n) is 9.86. The highest BCUT2D eigenvalue weighted by Gasteiger charge is 2.15. The van der Waals surface area contributed by atoms with Gasteiger partial charge >= 0.3 is 0 Å². The maximum Gasteiger partial charge on any atom is 0.236 e. The lowest BCUT2D eigenvalue weighted by Gasteiger charge is -2.09. The zero-order valence-electron chi connectivity index (χ0n) is 17.4. The van der Waals surface area contributed by atoms with Crippen LogP contribution in [0.3, 0.4) is 0 Å². The summed E-state index contributed by atoms with van der Waals surface area (Å²) in [6, 6.07) is 5.12. The van der Waals surface area contributed by atoms with Crippen LogP contribution in [0.25, 0.3) is 0 Å². The van der Waals surface area contributed by atoms with Gasteiger partial charge in [0.25, 0.3) is 0 Å². The molecule has 3 rings (SSSR count). The number of halogens is 2. The first-order chi connectivity index (χ1) is 15.5. The number of hydrogen-bond acceptors (Lipinski definition) is 8. The fourth-order valence-electron chi connectivity index (χ4n) is 2.66. The van der Waals surface area contributed by atoms with Gasteiger partial charge in [0.1, 0.15) is 16.6 Å². The van der Waals surface area contributed by atoms with E-state index in [1.54, 1.807) is 24.3 Å². The molecule has 2 aromatic heterocycles. The minimum absolute atomic E-state index is 0.170. The molecule has 0 atom stereocenters. The molecule has 0 aliphatic heterocycles. The van der Waals surface area contributed by atoms with Gasteiger partial charge in [0.15, 0.2) is 5.16 Å². The molecule has 0 fully saturated rings. The summed E-state index contributed by atoms with van der Waals surface area (Å²) in [6.45, 7) is 6.81. The highest BCUT2D eigenvalue weighted by Crippen LogP contribution is 2.27. The molecule has 0 saturated carbocycles. The number of carbonyl (C=O) groups excluding carboxylic acids is 1. The van der Waals surface area contributed by atoms with Crippen molar-refractivity contribution in [1.82, 2.24) is 25.0 Å². The van der Waals surface area contributed by atoms with Gasteiger partial charge in [0.2, 0.25) is 11.0 Å². The van der Waals surface area contributed by atoms with Crippen molar-refractivity contribution >= 4 is 57.3 Å². The van der Waals surface area contributed by atoms with Crippen LogP contribution >= 0.6 is 46.3 Å². The number of anilines is 1. The second-order valence-corrected chi connectivity index (χ2v) is 9.36. The van der Waals surface area contributed by atoms with Gasteiger partial charge in [-0.1, -0.05) is 59.3 Å². The van der Waals surface area contributed by atoms with Crippen LogP contribution in [0.15, 0.2) is 36.0 Å². The van der Waals surface area contributed by atoms with E-state index in [1.807, 2.05) is 11.5 Å². The van der Waals surface area contributed by atoms with E-state index in [1.165, 1.54) is 23.1 Å². The van der Waals surface area contributed by atoms with Crippen LogP contribution < -0.4 is 10.1 Å². The Balaban J connectivity index is 1.51. The first kappa shape index (κ1) is 24.5. The van der Waals surface area contributed by atoms with Crippen molar-refractivity contribution in [3.8, 4) is 5.75 Å². The Morgan fingerprint density at radius 1 is 1.31 bits per heavy atom. The van der Waals surface area contributed by atoms with Crippen molar-refractivity contribution in [2.24, 2.45) is 0 Å². The molecular formula is C20H22Cl2N6O2S2. The highest BCUT2D eigenvalue weighted by molar-refractivity contribution is 7.99. The molecule has 32 heavy (non-hydrogen) atoms. The van der Waals surface area contributed by atoms with E-state index in [0.29, 0.717) is 45.7 Å². The fraction of sp³-hybridized carbons (Fsp3) is 0.350. The molecule has 1 aromatic carbocycles. The number of nitrogens with one attached hydrogen (secondary N) is 1. The minimum atomic E-state index is -0.170. The third kappa shape index (κ3) is 6.93. The topological polar surface area (TPSA) is 94.8 Å². The van der Waals surface area contributed by atoms with Crippen molar-refractivity contribution in [3.05, 3.63) is 51.7 Å². The number of allylic oxidation sites excluding steroid dienone is 1. The summed E-state index contributed by atoms with van der Waals surface area (Å²) in [4.78, 5) is 12.2. The Kier molecular flexibility index (Phi) is 9.34. The lowest BCUT2D eigenvalue weighted by Crippen LogP contribution is -2.14. The molecule has 1 amide bonds. The number of amides is 1. The van der Waals surface area contributed by atoms with Crippen LogP contribution in [0.4, 0.5) is 5.13 Å². The third-order valence-electron chi connectivity index (χ3n) is 4.15. The number of aryl methyl sites for hydroxylation is 2. The molecule has 0 bridgehead atoms. The first-order valence-corrected chi connectivity index (χ1v) is 12.4. The molecule has 0 unspecified atom stereocenters. The number of benzene rings is 1. The molecule has 3 aromatic rings. The van der Waals surface area contributed by atoms with Crippen molar-refractivity contribution in [2.75, 3.05) is 17.7 Å². The average Bonchev–Trinajstić information content (AvgIpc) is 3.38. The average molecular weight is 513 g/mol. The van der Waals surface area contributed by atoms with Crippen LogP contribution in [-0.4, -0.2) is 43.2 Å². The minimum Gasteiger partial charge on any atom is -0.492 e. The summed E-state index contributed by atoms with van der Waals surface area (Å²) >= 11 is 14.7. The normalized spacial score (nSPS) is 10.8. The fourth-order valence-corrected chi connectivity index (χ4v) is 4.59. The molecule has 0 radical (unpaired) electrons. The molecule has 1 N–H and O–H groups in total. The van der Waals surface area contributed by atoms with Gasteiger partial charge < -0.3 is 9.30 Å². The quantitative estimate of drug-likeness (QED) is 0.209. The number of thioether (sulfide) groups is 1. The highest BCUT2D eigenvalue weighted by atomic mass is 35.5. The lowest BCUT2D eigenvalue weighted by atomic mass is 10.3. The maximum absolute atomic E-state index is 12.2. The van der Waals surface area contributed by atoms with E-state index in [0.717, 1.165) is 23.7 Å². The molecule has 12 heteroatoms. The lowest BCUT2D eigenvalue weighted by molar-refractivity contribution is -0.113. The van der Waals surface area contributed by atoms with Crippen molar-refractivity contribution < 1.29 is 9.53 Å². The Hall–Kier alpha value is -2.14. The summed E-state index contributed by atoms with van der Waals surface area (Å²) in [7, 11) is 0. The zero-order chi connectivity index (χ0) is 22.9. The predicted octanol–water partition coefficient (Wildman–Crippen LogP) is 4.93. The van der Waals surface area contributed by atoms with Gasteiger partial charge in [-0.2, -0.15) is 0 Å². The number of hydrogen-bond donors (Lipinski definition) is 1. The van der Waals surface area contributed by atoms with Gasteiger partial charge in [0.05, 0.1) is 17.4 Å². The van der Waals surface area contributed by atoms with E-state index in [4.69, 9.17) is 27.9 Å². The second-order valence-electron chi connectivity index (χ2n) is 6.52. The largest absolute Gasteiger partial charge is 0.492 e. The maximum atomic E-state index is 12.2. The zero-order valence-corrected chi connectivity index (χ0v) is 20.5. The van der Waals surface area contributed by atoms with E-state index < -0.39 is 0 Å². The summed E-state index contributed by atoms with van der Waals surface area (Å²) in [5, 5.41) is 22.3. The van der Waals surface area contributed by atoms with Crippen molar-refractivity contribution in [1.29, 1.82) is 0 Å². The van der Waals surface area contributed by atoms with Gasteiger partial charge in [-0.25, -0.2) is 0 Å². The SMILES string of the molecule is C=CCn1c(CCCOc2ccc(Cl)cc2Cl)nnc1SCC(=O)Nc1nnc(CC)s1. The summed E-state index contributed by atoms with van der Waals surface area (Å²) < 4.78 is 7.67. The Bertz CT molecular complexity index is 1070. The molecule has 0 spiro atoms. The molecule has 170 valence electrons. The molecule has 8 nitrogen and oxygen atoms in total. The van der Waals surface area contributed by atoms with E-state index in [9.17, 15) is 4.79 Å². The van der Waals surface area contributed by atoms with Crippen LogP contribution in [-0.2, 0) is 24.2 Å². The Morgan fingerprint density at radius 3 is 2.88 bits per heavy atom. The number of nitrogens with zero attached hydrogens (tertiary/aromatic N) is 5. The van der Waals surface area contributed by atoms with Crippen molar-refractivity contribution in [3.63, 3.8) is 0 Å². The monoisotopic (exact) mass is 512 g/mol. The molecule has 0 aliphatic rings. The van der Waals surface area contributed by atoms with Crippen LogP contribution in [0, 0.1) is 0 Å². The smallest absolute Gasteiger partial charge is 0.236 e. The molecule has 0 aliphatic carbocycles. The number of ether oxygens (including phenoxy) is 1. The summed E-state index contributed by atoms with van der Waals surface area (Å²) in [5.41, 5.74) is 0. The number of carbonyl (C=O) groups is 1. The molecular weight excluding hydrogens is 491 g/mol. The third-order valence-corrected chi connectivity index (χ3v) is 6.63. The summed E-state index contributed by atoms with van der Waals surface area (Å²) in [6.07, 6.45) is 3.93. The van der Waals surface area contributed by atoms with Gasteiger partial charge in [-0.3, -0.25) is 10.1 Å². The second kappa shape index (κ2) is 12.2. The molecule has 0 saturated heterocycles. The van der Waals surface area contributed by atoms with Gasteiger partial charge in [-0.05, 0) is 31.0 Å². The Morgan fingerprint density at radius 2 is 2.16 bits per heavy atom. The Labute approximate surface area is 204 Å². The molecule has 2 heterocycles. The van der Waals surface area contributed by atoms with Crippen LogP contribution in [0.1, 0.15) is 24.2 Å². The standard InChI is InChI=1S/C20H22Cl2N6O2S2/c1-3-9-28-16(6-5-10-30-15-8-7-13(21)11-14(15)22)24-27-20(28)31-12-17(29)23-19-26-25-18(4-2)32-19/h3,7-8,11H,1,4-6,9-10,12H2,2H3,(H,23,26,29). The number of rotatable bonds is 12. The summed E-state index contributed by atoms with van der Waals surface area (Å²) in [5.74, 6) is 1.41. The van der Waals surface area contributed by atoms with E-state index >= 15 is 0 Å². The van der Waals surface area contributed by atoms with Gasteiger partial charge in [0, 0.05) is 18.0 Å². The van der Waals surface area contributed by atoms with E-state index in [-0.39, 0.29) is 11.7 Å². The van der Waals surface area contributed by atoms with E-state index in [2.05, 4.69) is 32.3 Å². The van der Waals surface area contributed by atoms with Crippen molar-refractivity contribution in [2.45, 2.75) is 37.9 Å². The van der Waals surface area contributed by atoms with Crippen LogP contribution in [0.5, 0.6) is 5.75 Å². The van der Waals surface area contributed by atoms with Crippen LogP contribution in [0.2, 0.25) is 10.0 Å². The predicted molar refractivity (Wildman–Crippen MR) is 129 cm³/mol.